The molecule has 1 amide bonds. The first kappa shape index (κ1) is 22.9. The zero-order chi connectivity index (χ0) is 24.2. The standard InChI is InChI=1S/C25H25ClN8O/c26-19-8-6-16(7-9-19)25(35)30-12-15-3-1-4-17(11-15)20-14-29-22(27)21(31-20)24-32-23(33-34-24)18-5-2-10-28-13-18/h1,3-4,6-9,11,14,18,28H,2,5,10,12-13H2,(H2,27,29)(H,30,35)(H,32,33,34)/t18-/m0/s1. The average Bonchev–Trinajstić information content (AvgIpc) is 3.39. The second kappa shape index (κ2) is 10.2. The number of nitrogens with zero attached hydrogens (tertiary/aromatic N) is 4. The van der Waals surface area contributed by atoms with Gasteiger partial charge in [-0.3, -0.25) is 9.89 Å². The number of carbonyl (C=O) groups excluding carboxylic acids is 1. The van der Waals surface area contributed by atoms with Crippen LogP contribution < -0.4 is 16.4 Å². The van der Waals surface area contributed by atoms with Crippen molar-refractivity contribution in [2.75, 3.05) is 18.8 Å². The fourth-order valence-corrected chi connectivity index (χ4v) is 4.20. The van der Waals surface area contributed by atoms with Crippen molar-refractivity contribution in [3.63, 3.8) is 0 Å². The first-order valence-electron chi connectivity index (χ1n) is 11.5. The van der Waals surface area contributed by atoms with Crippen molar-refractivity contribution in [2.24, 2.45) is 0 Å². The monoisotopic (exact) mass is 488 g/mol. The Morgan fingerprint density at radius 1 is 1.17 bits per heavy atom. The van der Waals surface area contributed by atoms with Gasteiger partial charge in [-0.2, -0.15) is 5.10 Å². The molecular formula is C25H25ClN8O. The molecule has 2 aromatic carbocycles. The molecular weight excluding hydrogens is 464 g/mol. The van der Waals surface area contributed by atoms with E-state index in [4.69, 9.17) is 22.3 Å². The number of aromatic nitrogens is 5. The molecule has 5 N–H and O–H groups in total. The molecule has 1 saturated heterocycles. The van der Waals surface area contributed by atoms with Crippen LogP contribution in [0.3, 0.4) is 0 Å². The first-order valence-corrected chi connectivity index (χ1v) is 11.8. The highest BCUT2D eigenvalue weighted by molar-refractivity contribution is 6.30. The van der Waals surface area contributed by atoms with Gasteiger partial charge in [-0.1, -0.05) is 29.8 Å². The fourth-order valence-electron chi connectivity index (χ4n) is 4.07. The molecule has 1 aliphatic heterocycles. The largest absolute Gasteiger partial charge is 0.382 e. The van der Waals surface area contributed by atoms with E-state index in [2.05, 4.69) is 30.8 Å². The van der Waals surface area contributed by atoms with Crippen LogP contribution in [-0.4, -0.2) is 44.1 Å². The summed E-state index contributed by atoms with van der Waals surface area (Å²) < 4.78 is 0. The van der Waals surface area contributed by atoms with E-state index < -0.39 is 0 Å². The van der Waals surface area contributed by atoms with Crippen LogP contribution in [0.2, 0.25) is 5.02 Å². The zero-order valence-corrected chi connectivity index (χ0v) is 19.7. The predicted octanol–water partition coefficient (Wildman–Crippen LogP) is 3.56. The molecule has 0 spiro atoms. The van der Waals surface area contributed by atoms with Gasteiger partial charge in [0.15, 0.2) is 17.5 Å². The van der Waals surface area contributed by atoms with Crippen LogP contribution in [0, 0.1) is 0 Å². The molecule has 1 atom stereocenters. The van der Waals surface area contributed by atoms with Crippen molar-refractivity contribution >= 4 is 23.3 Å². The lowest BCUT2D eigenvalue weighted by Crippen LogP contribution is -2.28. The number of hydrogen-bond acceptors (Lipinski definition) is 7. The molecule has 0 saturated carbocycles. The van der Waals surface area contributed by atoms with Crippen molar-refractivity contribution < 1.29 is 4.79 Å². The third kappa shape index (κ3) is 5.31. The average molecular weight is 489 g/mol. The maximum atomic E-state index is 12.4. The molecule has 178 valence electrons. The molecule has 0 radical (unpaired) electrons. The number of halogens is 1. The Balaban J connectivity index is 1.33. The molecule has 10 heteroatoms. The van der Waals surface area contributed by atoms with Gasteiger partial charge in [-0.05, 0) is 55.3 Å². The van der Waals surface area contributed by atoms with E-state index in [0.717, 1.165) is 42.9 Å². The van der Waals surface area contributed by atoms with Gasteiger partial charge >= 0.3 is 0 Å². The van der Waals surface area contributed by atoms with E-state index in [9.17, 15) is 4.79 Å². The van der Waals surface area contributed by atoms with Crippen LogP contribution in [0.5, 0.6) is 0 Å². The number of benzene rings is 2. The number of amides is 1. The number of nitrogen functional groups attached to an aromatic ring is 1. The molecule has 0 unspecified atom stereocenters. The predicted molar refractivity (Wildman–Crippen MR) is 135 cm³/mol. The Kier molecular flexibility index (Phi) is 6.69. The van der Waals surface area contributed by atoms with E-state index >= 15 is 0 Å². The third-order valence-electron chi connectivity index (χ3n) is 5.97. The maximum absolute atomic E-state index is 12.4. The summed E-state index contributed by atoms with van der Waals surface area (Å²) in [6.07, 6.45) is 3.78. The zero-order valence-electron chi connectivity index (χ0n) is 19.0. The summed E-state index contributed by atoms with van der Waals surface area (Å²) in [6.45, 7) is 2.25. The summed E-state index contributed by atoms with van der Waals surface area (Å²) in [4.78, 5) is 26.1. The number of H-pyrrole nitrogens is 1. The Hall–Kier alpha value is -3.82. The number of aromatic amines is 1. The second-order valence-electron chi connectivity index (χ2n) is 8.46. The SMILES string of the molecule is Nc1ncc(-c2cccc(CNC(=O)c3ccc(Cl)cc3)c2)nc1-c1nc([C@H]2CCCNC2)n[nH]1. The van der Waals surface area contributed by atoms with Gasteiger partial charge in [0.25, 0.3) is 5.91 Å². The van der Waals surface area contributed by atoms with Crippen LogP contribution in [0.4, 0.5) is 5.82 Å². The number of nitrogens with two attached hydrogens (primary N) is 1. The molecule has 2 aromatic heterocycles. The highest BCUT2D eigenvalue weighted by atomic mass is 35.5. The summed E-state index contributed by atoms with van der Waals surface area (Å²) in [5.41, 5.74) is 9.58. The smallest absolute Gasteiger partial charge is 0.251 e. The summed E-state index contributed by atoms with van der Waals surface area (Å²) in [5, 5.41) is 14.3. The fraction of sp³-hybridized carbons (Fsp3) is 0.240. The number of hydrogen-bond donors (Lipinski definition) is 4. The lowest BCUT2D eigenvalue weighted by Gasteiger charge is -2.19. The van der Waals surface area contributed by atoms with Crippen molar-refractivity contribution in [3.05, 3.63) is 76.7 Å². The van der Waals surface area contributed by atoms with Crippen molar-refractivity contribution in [1.82, 2.24) is 35.8 Å². The van der Waals surface area contributed by atoms with E-state index in [-0.39, 0.29) is 17.6 Å². The van der Waals surface area contributed by atoms with Crippen molar-refractivity contribution in [1.29, 1.82) is 0 Å². The van der Waals surface area contributed by atoms with Gasteiger partial charge in [-0.25, -0.2) is 15.0 Å². The van der Waals surface area contributed by atoms with E-state index in [1.807, 2.05) is 24.3 Å². The summed E-state index contributed by atoms with van der Waals surface area (Å²) >= 11 is 5.90. The van der Waals surface area contributed by atoms with Crippen LogP contribution in [0.25, 0.3) is 22.8 Å². The molecule has 0 bridgehead atoms. The number of anilines is 1. The minimum atomic E-state index is -0.170. The van der Waals surface area contributed by atoms with Gasteiger partial charge in [-0.15, -0.1) is 0 Å². The normalized spacial score (nSPS) is 15.6. The lowest BCUT2D eigenvalue weighted by atomic mass is 9.99. The lowest BCUT2D eigenvalue weighted by molar-refractivity contribution is 0.0951. The first-order chi connectivity index (χ1) is 17.1. The molecule has 9 nitrogen and oxygen atoms in total. The second-order valence-corrected chi connectivity index (χ2v) is 8.90. The van der Waals surface area contributed by atoms with E-state index in [1.54, 1.807) is 30.5 Å². The summed E-state index contributed by atoms with van der Waals surface area (Å²) in [5.74, 6) is 1.65. The summed E-state index contributed by atoms with van der Waals surface area (Å²) in [6, 6.07) is 14.5. The molecule has 1 fully saturated rings. The van der Waals surface area contributed by atoms with Gasteiger partial charge in [0.05, 0.1) is 11.9 Å². The Morgan fingerprint density at radius 3 is 2.83 bits per heavy atom. The topological polar surface area (TPSA) is 134 Å². The van der Waals surface area contributed by atoms with Crippen LogP contribution >= 0.6 is 11.6 Å². The van der Waals surface area contributed by atoms with Crippen LogP contribution in [0.1, 0.15) is 40.5 Å². The maximum Gasteiger partial charge on any atom is 0.251 e. The van der Waals surface area contributed by atoms with Crippen molar-refractivity contribution in [3.8, 4) is 22.8 Å². The minimum Gasteiger partial charge on any atom is -0.382 e. The highest BCUT2D eigenvalue weighted by Crippen LogP contribution is 2.26. The summed E-state index contributed by atoms with van der Waals surface area (Å²) in [7, 11) is 0. The number of rotatable bonds is 6. The molecule has 1 aliphatic rings. The van der Waals surface area contributed by atoms with Crippen LogP contribution in [0.15, 0.2) is 54.7 Å². The Labute approximate surface area is 207 Å². The Bertz CT molecular complexity index is 1330. The molecule has 0 aliphatic carbocycles. The number of carbonyl (C=O) groups is 1. The molecule has 4 aromatic rings. The quantitative estimate of drug-likeness (QED) is 0.326. The van der Waals surface area contributed by atoms with Gasteiger partial charge in [0, 0.05) is 35.2 Å². The number of piperidine rings is 1. The number of nitrogens with one attached hydrogen (secondary N) is 3. The van der Waals surface area contributed by atoms with Gasteiger partial charge in [0.2, 0.25) is 0 Å². The third-order valence-corrected chi connectivity index (χ3v) is 6.22. The highest BCUT2D eigenvalue weighted by Gasteiger charge is 2.21. The van der Waals surface area contributed by atoms with Crippen molar-refractivity contribution in [2.45, 2.75) is 25.3 Å². The minimum absolute atomic E-state index is 0.170. The van der Waals surface area contributed by atoms with E-state index in [0.29, 0.717) is 34.3 Å². The van der Waals surface area contributed by atoms with Gasteiger partial charge < -0.3 is 16.4 Å². The molecule has 35 heavy (non-hydrogen) atoms. The molecule has 3 heterocycles. The molecule has 5 rings (SSSR count). The van der Waals surface area contributed by atoms with Crippen LogP contribution in [-0.2, 0) is 6.54 Å². The van der Waals surface area contributed by atoms with E-state index in [1.165, 1.54) is 0 Å². The Morgan fingerprint density at radius 2 is 2.03 bits per heavy atom. The van der Waals surface area contributed by atoms with Gasteiger partial charge in [0.1, 0.15) is 5.69 Å².